The van der Waals surface area contributed by atoms with Gasteiger partial charge in [0.25, 0.3) is 0 Å². The Kier molecular flexibility index (Phi) is 4.39. The normalized spacial score (nSPS) is 15.6. The second kappa shape index (κ2) is 8.36. The first-order valence-corrected chi connectivity index (χ1v) is 10.9. The summed E-state index contributed by atoms with van der Waals surface area (Å²) in [5.41, 5.74) is 3.17. The molecule has 0 saturated carbocycles. The molecular formula is C25H23N3OS. The van der Waals surface area contributed by atoms with Crippen LogP contribution in [0.3, 0.4) is 0 Å². The van der Waals surface area contributed by atoms with E-state index in [9.17, 15) is 0 Å². The Balaban J connectivity index is 1.55. The third-order valence-electron chi connectivity index (χ3n) is 5.10. The first-order chi connectivity index (χ1) is 16.0. The topological polar surface area (TPSA) is 38.2 Å². The minimum absolute atomic E-state index is 0.246. The lowest BCUT2D eigenvalue weighted by Gasteiger charge is -2.22. The summed E-state index contributed by atoms with van der Waals surface area (Å²) in [6, 6.07) is 23.2. The molecule has 0 unspecified atom stereocenters. The zero-order chi connectivity index (χ0) is 22.8. The first-order valence-electron chi connectivity index (χ1n) is 11.4. The van der Waals surface area contributed by atoms with Gasteiger partial charge in [0.1, 0.15) is 6.61 Å². The van der Waals surface area contributed by atoms with Gasteiger partial charge in [0, 0.05) is 27.9 Å². The average Bonchev–Trinajstić information content (AvgIpc) is 3.05. The van der Waals surface area contributed by atoms with Gasteiger partial charge in [-0.05, 0) is 36.2 Å². The van der Waals surface area contributed by atoms with E-state index in [-0.39, 0.29) is 5.56 Å². The van der Waals surface area contributed by atoms with Crippen LogP contribution in [0.4, 0.5) is 5.95 Å². The number of aryl methyl sites for hydroxylation is 1. The minimum Gasteiger partial charge on any atom is -0.472 e. The number of hydrogen-bond acceptors (Lipinski definition) is 5. The Morgan fingerprint density at radius 1 is 1.03 bits per heavy atom. The molecule has 30 heavy (non-hydrogen) atoms. The molecule has 5 rings (SSSR count). The molecule has 4 aromatic rings. The molecule has 0 aliphatic carbocycles. The van der Waals surface area contributed by atoms with Crippen LogP contribution < -0.4 is 9.64 Å². The average molecular weight is 417 g/mol. The van der Waals surface area contributed by atoms with Crippen molar-refractivity contribution in [3.63, 3.8) is 0 Å². The summed E-state index contributed by atoms with van der Waals surface area (Å²) in [6.45, 7) is -0.366. The molecule has 2 heterocycles. The number of nitrogens with zero attached hydrogens (tertiary/aromatic N) is 3. The number of thioether (sulfide) groups is 1. The molecule has 0 saturated heterocycles. The summed E-state index contributed by atoms with van der Waals surface area (Å²) in [4.78, 5) is 13.0. The Morgan fingerprint density at radius 2 is 1.90 bits per heavy atom. The van der Waals surface area contributed by atoms with Crippen molar-refractivity contribution in [2.24, 2.45) is 0 Å². The van der Waals surface area contributed by atoms with Crippen LogP contribution in [-0.2, 0) is 13.2 Å². The number of ether oxygens (including phenoxy) is 1. The van der Waals surface area contributed by atoms with E-state index in [0.717, 1.165) is 17.9 Å². The highest BCUT2D eigenvalue weighted by Gasteiger charge is 2.19. The predicted molar refractivity (Wildman–Crippen MR) is 123 cm³/mol. The van der Waals surface area contributed by atoms with Crippen LogP contribution in [0.25, 0.3) is 10.9 Å². The van der Waals surface area contributed by atoms with Gasteiger partial charge in [0.15, 0.2) is 0 Å². The molecule has 0 atom stereocenters. The summed E-state index contributed by atoms with van der Waals surface area (Å²) in [5, 5.41) is 0.605. The van der Waals surface area contributed by atoms with E-state index in [4.69, 9.17) is 18.8 Å². The lowest BCUT2D eigenvalue weighted by molar-refractivity contribution is 0.297. The standard InChI is InChI=1S/C25H23N3OS/c1-18-11-12-22-21(15-18)24(29-17-19-7-3-2-4-8-19)27-25(26-22)28-13-14-30-23-10-6-5-9-20(23)16-28/h2-12,15H,13-14,16-17H2,1H3/i1D3. The number of benzene rings is 3. The zero-order valence-electron chi connectivity index (χ0n) is 19.4. The van der Waals surface area contributed by atoms with Crippen molar-refractivity contribution in [3.05, 3.63) is 89.5 Å². The van der Waals surface area contributed by atoms with E-state index in [1.54, 1.807) is 18.2 Å². The third kappa shape index (κ3) is 3.98. The number of aromatic nitrogens is 2. The van der Waals surface area contributed by atoms with E-state index in [1.807, 2.05) is 42.1 Å². The fourth-order valence-electron chi connectivity index (χ4n) is 3.56. The highest BCUT2D eigenvalue weighted by Crippen LogP contribution is 2.31. The molecule has 3 aromatic carbocycles. The van der Waals surface area contributed by atoms with Crippen LogP contribution in [0, 0.1) is 6.85 Å². The van der Waals surface area contributed by atoms with Gasteiger partial charge >= 0.3 is 0 Å². The van der Waals surface area contributed by atoms with Crippen LogP contribution in [0.5, 0.6) is 5.88 Å². The Morgan fingerprint density at radius 3 is 2.80 bits per heavy atom. The largest absolute Gasteiger partial charge is 0.472 e. The molecular weight excluding hydrogens is 390 g/mol. The van der Waals surface area contributed by atoms with Crippen molar-refractivity contribution in [3.8, 4) is 5.88 Å². The summed E-state index contributed by atoms with van der Waals surface area (Å²) in [5.74, 6) is 1.91. The molecule has 0 spiro atoms. The molecule has 0 fully saturated rings. The van der Waals surface area contributed by atoms with Gasteiger partial charge in [-0.1, -0.05) is 60.2 Å². The summed E-state index contributed by atoms with van der Waals surface area (Å²) in [7, 11) is 0. The fraction of sp³-hybridized carbons (Fsp3) is 0.200. The van der Waals surface area contributed by atoms with Crippen molar-refractivity contribution in [2.45, 2.75) is 24.9 Å². The van der Waals surface area contributed by atoms with E-state index >= 15 is 0 Å². The summed E-state index contributed by atoms with van der Waals surface area (Å²) < 4.78 is 29.5. The van der Waals surface area contributed by atoms with Gasteiger partial charge in [-0.2, -0.15) is 4.98 Å². The van der Waals surface area contributed by atoms with Gasteiger partial charge in [-0.25, -0.2) is 4.98 Å². The number of hydrogen-bond donors (Lipinski definition) is 0. The van der Waals surface area contributed by atoms with Gasteiger partial charge in [0.05, 0.1) is 10.9 Å². The third-order valence-corrected chi connectivity index (χ3v) is 6.20. The predicted octanol–water partition coefficient (Wildman–Crippen LogP) is 5.63. The number of rotatable bonds is 4. The summed E-state index contributed by atoms with van der Waals surface area (Å²) >= 11 is 1.84. The zero-order valence-corrected chi connectivity index (χ0v) is 17.2. The lowest BCUT2D eigenvalue weighted by atomic mass is 10.1. The monoisotopic (exact) mass is 416 g/mol. The molecule has 0 bridgehead atoms. The van der Waals surface area contributed by atoms with E-state index in [0.29, 0.717) is 35.9 Å². The van der Waals surface area contributed by atoms with Crippen LogP contribution in [0.1, 0.15) is 20.8 Å². The van der Waals surface area contributed by atoms with Crippen molar-refractivity contribution in [2.75, 3.05) is 17.2 Å². The van der Waals surface area contributed by atoms with E-state index in [1.165, 1.54) is 10.5 Å². The Bertz CT molecular complexity index is 1280. The molecule has 1 aliphatic heterocycles. The highest BCUT2D eigenvalue weighted by atomic mass is 32.2. The minimum atomic E-state index is -2.21. The van der Waals surface area contributed by atoms with Crippen LogP contribution in [0.15, 0.2) is 77.7 Å². The van der Waals surface area contributed by atoms with Crippen LogP contribution >= 0.6 is 11.8 Å². The van der Waals surface area contributed by atoms with Gasteiger partial charge in [-0.15, -0.1) is 11.8 Å². The van der Waals surface area contributed by atoms with Gasteiger partial charge < -0.3 is 9.64 Å². The Hall–Kier alpha value is -3.05. The highest BCUT2D eigenvalue weighted by molar-refractivity contribution is 7.99. The van der Waals surface area contributed by atoms with Crippen LogP contribution in [0.2, 0.25) is 0 Å². The fourth-order valence-corrected chi connectivity index (χ4v) is 4.59. The number of fused-ring (bicyclic) bond motifs is 2. The van der Waals surface area contributed by atoms with E-state index < -0.39 is 6.85 Å². The Labute approximate surface area is 185 Å². The second-order valence-electron chi connectivity index (χ2n) is 7.21. The molecule has 1 aliphatic rings. The van der Waals surface area contributed by atoms with E-state index in [2.05, 4.69) is 29.2 Å². The van der Waals surface area contributed by atoms with Crippen molar-refractivity contribution in [1.82, 2.24) is 9.97 Å². The first kappa shape index (κ1) is 15.7. The SMILES string of the molecule is [2H]C([2H])([2H])c1ccc2nc(N3CCSc4ccccc4C3)nc(OCc3ccccc3)c2c1. The molecule has 0 radical (unpaired) electrons. The molecule has 4 nitrogen and oxygen atoms in total. The number of anilines is 1. The van der Waals surface area contributed by atoms with Crippen molar-refractivity contribution >= 4 is 28.6 Å². The van der Waals surface area contributed by atoms with Crippen LogP contribution in [-0.4, -0.2) is 22.3 Å². The molecule has 0 amide bonds. The maximum atomic E-state index is 7.79. The quantitative estimate of drug-likeness (QED) is 0.431. The van der Waals surface area contributed by atoms with Crippen molar-refractivity contribution < 1.29 is 8.85 Å². The van der Waals surface area contributed by atoms with Gasteiger partial charge in [0.2, 0.25) is 11.8 Å². The smallest absolute Gasteiger partial charge is 0.229 e. The second-order valence-corrected chi connectivity index (χ2v) is 8.35. The molecule has 5 heteroatoms. The van der Waals surface area contributed by atoms with Crippen molar-refractivity contribution in [1.29, 1.82) is 0 Å². The van der Waals surface area contributed by atoms with Gasteiger partial charge in [-0.3, -0.25) is 0 Å². The summed E-state index contributed by atoms with van der Waals surface area (Å²) in [6.07, 6.45) is 0. The maximum Gasteiger partial charge on any atom is 0.229 e. The molecule has 150 valence electrons. The lowest BCUT2D eigenvalue weighted by Crippen LogP contribution is -2.26. The maximum absolute atomic E-state index is 7.79. The molecule has 1 aromatic heterocycles. The molecule has 0 N–H and O–H groups in total.